The lowest BCUT2D eigenvalue weighted by Crippen LogP contribution is -2.41. The number of amides is 1. The lowest BCUT2D eigenvalue weighted by molar-refractivity contribution is -0.147. The van der Waals surface area contributed by atoms with Crippen molar-refractivity contribution in [2.75, 3.05) is 6.61 Å². The lowest BCUT2D eigenvalue weighted by atomic mass is 9.89. The van der Waals surface area contributed by atoms with E-state index >= 15 is 4.39 Å². The van der Waals surface area contributed by atoms with Crippen molar-refractivity contribution >= 4 is 29.3 Å². The van der Waals surface area contributed by atoms with Gasteiger partial charge in [0.25, 0.3) is 17.0 Å². The first kappa shape index (κ1) is 27.1. The van der Waals surface area contributed by atoms with Gasteiger partial charge in [-0.25, -0.2) is 13.9 Å². The summed E-state index contributed by atoms with van der Waals surface area (Å²) in [6.45, 7) is -0.658. The van der Waals surface area contributed by atoms with Gasteiger partial charge < -0.3 is 14.6 Å². The van der Waals surface area contributed by atoms with E-state index in [2.05, 4.69) is 10.4 Å². The summed E-state index contributed by atoms with van der Waals surface area (Å²) in [7, 11) is 1.44. The van der Waals surface area contributed by atoms with Crippen molar-refractivity contribution in [3.05, 3.63) is 84.9 Å². The van der Waals surface area contributed by atoms with Gasteiger partial charge in [-0.3, -0.25) is 19.2 Å². The smallest absolute Gasteiger partial charge is 0.329 e. The number of Topliss-reactive ketones (excluding diaryl/α,β-unsaturated/α-hetero) is 1. The van der Waals surface area contributed by atoms with Crippen LogP contribution in [0.1, 0.15) is 64.4 Å². The molecule has 2 saturated carbocycles. The standard InChI is InChI=1S/C29H26ClFN4O6/c1-34-23(37)9-17(12-32-34)22(36)14-41-28(40)21(8-15-2-3-15)35-13-19-18(10-24(35)38)25-16(4-5-20(30)26(25)31)11-29(6-7-29)33-27(19)39/h4-5,9-10,12-13,15,21H,2-3,6-8,11,14H2,1H3,(H,33,39). The first-order chi connectivity index (χ1) is 19.5. The SMILES string of the molecule is Cn1ncc(C(=O)COC(=O)C(CC2CC2)n2cc3c(cc2=O)-c2c(ccc(Cl)c2F)CC2(CC2)NC3=O)cc1=O. The first-order valence-corrected chi connectivity index (χ1v) is 13.7. The van der Waals surface area contributed by atoms with E-state index in [1.807, 2.05) is 0 Å². The van der Waals surface area contributed by atoms with Crippen LogP contribution in [0.2, 0.25) is 5.02 Å². The zero-order valence-corrected chi connectivity index (χ0v) is 22.9. The topological polar surface area (TPSA) is 129 Å². The van der Waals surface area contributed by atoms with Gasteiger partial charge in [0.05, 0.1) is 16.8 Å². The third-order valence-corrected chi connectivity index (χ3v) is 8.33. The number of benzene rings is 1. The van der Waals surface area contributed by atoms with E-state index in [1.54, 1.807) is 6.07 Å². The number of fused-ring (bicyclic) bond motifs is 3. The molecule has 1 spiro atoms. The van der Waals surface area contributed by atoms with Crippen molar-refractivity contribution in [2.45, 2.75) is 50.1 Å². The van der Waals surface area contributed by atoms with Crippen molar-refractivity contribution in [3.8, 4) is 11.1 Å². The number of hydrogen-bond donors (Lipinski definition) is 1. The number of carbonyl (C=O) groups excluding carboxylic acids is 3. The van der Waals surface area contributed by atoms with Gasteiger partial charge in [0.1, 0.15) is 11.9 Å². The van der Waals surface area contributed by atoms with E-state index in [0.29, 0.717) is 12.0 Å². The van der Waals surface area contributed by atoms with Crippen LogP contribution in [0.4, 0.5) is 4.39 Å². The van der Waals surface area contributed by atoms with E-state index in [1.165, 1.54) is 25.5 Å². The Morgan fingerprint density at radius 3 is 2.61 bits per heavy atom. The largest absolute Gasteiger partial charge is 0.456 e. The number of halogens is 2. The summed E-state index contributed by atoms with van der Waals surface area (Å²) in [5, 5.41) is 6.70. The quantitative estimate of drug-likeness (QED) is 0.336. The molecular weight excluding hydrogens is 555 g/mol. The van der Waals surface area contributed by atoms with Crippen LogP contribution in [0.3, 0.4) is 0 Å². The Labute approximate surface area is 238 Å². The lowest BCUT2D eigenvalue weighted by Gasteiger charge is -2.26. The van der Waals surface area contributed by atoms with Crippen LogP contribution in [0, 0.1) is 11.7 Å². The van der Waals surface area contributed by atoms with E-state index in [4.69, 9.17) is 16.3 Å². The highest BCUT2D eigenvalue weighted by molar-refractivity contribution is 6.31. The molecule has 2 aliphatic carbocycles. The van der Waals surface area contributed by atoms with Crippen LogP contribution >= 0.6 is 11.6 Å². The van der Waals surface area contributed by atoms with Crippen molar-refractivity contribution in [1.82, 2.24) is 19.7 Å². The average Bonchev–Trinajstić information content (AvgIpc) is 3.87. The second kappa shape index (κ2) is 10.1. The maximum Gasteiger partial charge on any atom is 0.329 e. The van der Waals surface area contributed by atoms with Crippen LogP contribution in [-0.2, 0) is 23.0 Å². The minimum absolute atomic E-state index is 0.0112. The molecule has 212 valence electrons. The molecule has 0 bridgehead atoms. The highest BCUT2D eigenvalue weighted by Gasteiger charge is 2.46. The van der Waals surface area contributed by atoms with Gasteiger partial charge in [0.2, 0.25) is 5.78 Å². The summed E-state index contributed by atoms with van der Waals surface area (Å²) < 4.78 is 22.9. The number of esters is 1. The van der Waals surface area contributed by atoms with Gasteiger partial charge in [0, 0.05) is 47.6 Å². The molecule has 3 heterocycles. The molecular formula is C29H26ClFN4O6. The number of rotatable bonds is 7. The number of ether oxygens (including phenoxy) is 1. The predicted octanol–water partition coefficient (Wildman–Crippen LogP) is 2.99. The van der Waals surface area contributed by atoms with Crippen molar-refractivity contribution in [1.29, 1.82) is 0 Å². The number of carbonyl (C=O) groups is 3. The van der Waals surface area contributed by atoms with Crippen LogP contribution in [0.5, 0.6) is 0 Å². The molecule has 10 nitrogen and oxygen atoms in total. The van der Waals surface area contributed by atoms with Crippen LogP contribution in [-0.4, -0.2) is 44.2 Å². The highest BCUT2D eigenvalue weighted by atomic mass is 35.5. The summed E-state index contributed by atoms with van der Waals surface area (Å²) in [5.74, 6) is -2.49. The Bertz CT molecular complexity index is 1740. The van der Waals surface area contributed by atoms with Crippen LogP contribution in [0.25, 0.3) is 11.1 Å². The first-order valence-electron chi connectivity index (χ1n) is 13.3. The molecule has 1 aromatic carbocycles. The van der Waals surface area contributed by atoms with Gasteiger partial charge in [0.15, 0.2) is 6.61 Å². The molecule has 0 radical (unpaired) electrons. The Kier molecular flexibility index (Phi) is 6.64. The van der Waals surface area contributed by atoms with Gasteiger partial charge in [-0.2, -0.15) is 5.10 Å². The molecule has 1 atom stereocenters. The Hall–Kier alpha value is -4.12. The fourth-order valence-electron chi connectivity index (χ4n) is 5.31. The highest BCUT2D eigenvalue weighted by Crippen LogP contribution is 2.45. The molecule has 3 aromatic rings. The number of nitrogens with one attached hydrogen (secondary N) is 1. The second-order valence-electron chi connectivity index (χ2n) is 11.1. The van der Waals surface area contributed by atoms with Gasteiger partial charge in [-0.15, -0.1) is 0 Å². The molecule has 1 aliphatic heterocycles. The average molecular weight is 581 g/mol. The van der Waals surface area contributed by atoms with Crippen LogP contribution < -0.4 is 16.4 Å². The maximum absolute atomic E-state index is 15.4. The summed E-state index contributed by atoms with van der Waals surface area (Å²) in [5.41, 5.74) is -0.782. The third-order valence-electron chi connectivity index (χ3n) is 8.03. The third kappa shape index (κ3) is 5.21. The van der Waals surface area contributed by atoms with Gasteiger partial charge >= 0.3 is 5.97 Å². The van der Waals surface area contributed by atoms with Gasteiger partial charge in [-0.1, -0.05) is 30.5 Å². The van der Waals surface area contributed by atoms with Crippen LogP contribution in [0.15, 0.2) is 46.2 Å². The zero-order chi connectivity index (χ0) is 29.1. The maximum atomic E-state index is 15.4. The Morgan fingerprint density at radius 2 is 1.93 bits per heavy atom. The number of aryl methyl sites for hydroxylation is 1. The predicted molar refractivity (Wildman–Crippen MR) is 145 cm³/mol. The minimum Gasteiger partial charge on any atom is -0.456 e. The number of nitrogens with zero attached hydrogens (tertiary/aromatic N) is 3. The molecule has 3 aliphatic rings. The van der Waals surface area contributed by atoms with Crippen molar-refractivity contribution in [3.63, 3.8) is 0 Å². The second-order valence-corrected chi connectivity index (χ2v) is 11.5. The normalized spacial score (nSPS) is 17.5. The number of pyridine rings is 1. The summed E-state index contributed by atoms with van der Waals surface area (Å²) in [6, 6.07) is 4.30. The number of hydrogen-bond acceptors (Lipinski definition) is 7. The molecule has 1 amide bonds. The zero-order valence-electron chi connectivity index (χ0n) is 22.1. The Morgan fingerprint density at radius 1 is 1.17 bits per heavy atom. The summed E-state index contributed by atoms with van der Waals surface area (Å²) >= 11 is 6.11. The fourth-order valence-corrected chi connectivity index (χ4v) is 5.47. The molecule has 1 unspecified atom stereocenters. The van der Waals surface area contributed by atoms with E-state index < -0.39 is 52.8 Å². The molecule has 12 heteroatoms. The van der Waals surface area contributed by atoms with E-state index in [-0.39, 0.29) is 39.6 Å². The van der Waals surface area contributed by atoms with E-state index in [9.17, 15) is 24.0 Å². The Balaban J connectivity index is 1.36. The molecule has 6 rings (SSSR count). The monoisotopic (exact) mass is 580 g/mol. The van der Waals surface area contributed by atoms with E-state index in [0.717, 1.165) is 47.1 Å². The van der Waals surface area contributed by atoms with Gasteiger partial charge in [-0.05, 0) is 43.2 Å². The molecule has 2 aromatic heterocycles. The van der Waals surface area contributed by atoms with Crippen molar-refractivity contribution < 1.29 is 23.5 Å². The molecule has 1 N–H and O–H groups in total. The summed E-state index contributed by atoms with van der Waals surface area (Å²) in [4.78, 5) is 64.7. The summed E-state index contributed by atoms with van der Waals surface area (Å²) in [6.07, 6.45) is 6.33. The molecule has 0 saturated heterocycles. The molecule has 41 heavy (non-hydrogen) atoms. The number of ketones is 1. The number of aromatic nitrogens is 3. The fraction of sp³-hybridized carbons (Fsp3) is 0.379. The minimum atomic E-state index is -1.12. The molecule has 2 fully saturated rings. The van der Waals surface area contributed by atoms with Crippen molar-refractivity contribution in [2.24, 2.45) is 13.0 Å².